The summed E-state index contributed by atoms with van der Waals surface area (Å²) in [6.07, 6.45) is 6.06. The topological polar surface area (TPSA) is 75.1 Å². The first-order valence-electron chi connectivity index (χ1n) is 9.82. The Morgan fingerprint density at radius 1 is 1.00 bits per heavy atom. The van der Waals surface area contributed by atoms with Crippen molar-refractivity contribution in [3.63, 3.8) is 0 Å². The second kappa shape index (κ2) is 9.47. The Morgan fingerprint density at radius 3 is 2.68 bits per heavy atom. The highest BCUT2D eigenvalue weighted by molar-refractivity contribution is 7.16. The lowest BCUT2D eigenvalue weighted by Gasteiger charge is -2.09. The molecule has 0 bridgehead atoms. The molecule has 2 aromatic heterocycles. The summed E-state index contributed by atoms with van der Waals surface area (Å²) in [5.41, 5.74) is 4.12. The highest BCUT2D eigenvalue weighted by atomic mass is 32.1. The van der Waals surface area contributed by atoms with Gasteiger partial charge in [-0.25, -0.2) is 9.97 Å². The third kappa shape index (κ3) is 5.31. The van der Waals surface area contributed by atoms with Crippen LogP contribution >= 0.6 is 11.3 Å². The number of thiophene rings is 1. The fraction of sp³-hybridized carbons (Fsp3) is 0.0800. The lowest BCUT2D eigenvalue weighted by molar-refractivity contribution is 0.112. The first-order valence-corrected chi connectivity index (χ1v) is 10.6. The van der Waals surface area contributed by atoms with Crippen LogP contribution in [0, 0.1) is 0 Å². The van der Waals surface area contributed by atoms with Crippen LogP contribution in [-0.4, -0.2) is 21.4 Å². The zero-order valence-corrected chi connectivity index (χ0v) is 17.7. The molecule has 6 heteroatoms. The summed E-state index contributed by atoms with van der Waals surface area (Å²) in [4.78, 5) is 22.0. The number of hydrogen-bond acceptors (Lipinski definition) is 6. The maximum atomic E-state index is 10.9. The molecule has 0 spiro atoms. The number of carbonyl (C=O) groups is 1. The van der Waals surface area contributed by atoms with E-state index in [0.717, 1.165) is 38.5 Å². The van der Waals surface area contributed by atoms with Gasteiger partial charge in [0.25, 0.3) is 0 Å². The van der Waals surface area contributed by atoms with Crippen LogP contribution in [0.2, 0.25) is 0 Å². The molecular formula is C25H21N3O2S. The van der Waals surface area contributed by atoms with Gasteiger partial charge in [-0.15, -0.1) is 11.3 Å². The molecule has 5 nitrogen and oxygen atoms in total. The minimum Gasteiger partial charge on any atom is -0.389 e. The molecule has 0 saturated heterocycles. The van der Waals surface area contributed by atoms with Gasteiger partial charge in [-0.05, 0) is 60.5 Å². The van der Waals surface area contributed by atoms with Crippen molar-refractivity contribution in [2.24, 2.45) is 0 Å². The Morgan fingerprint density at radius 2 is 1.84 bits per heavy atom. The SMILES string of the molecule is CC(O)c1cccc(Nc2nccc(-c3ccc(C=Cc4cccc(C=O)c4)s3)n2)c1. The van der Waals surface area contributed by atoms with Gasteiger partial charge in [0.05, 0.1) is 16.7 Å². The van der Waals surface area contributed by atoms with Gasteiger partial charge in [-0.2, -0.15) is 0 Å². The molecule has 0 aliphatic rings. The number of rotatable bonds is 7. The predicted octanol–water partition coefficient (Wildman–Crippen LogP) is 5.98. The van der Waals surface area contributed by atoms with E-state index < -0.39 is 6.10 Å². The van der Waals surface area contributed by atoms with Crippen LogP contribution < -0.4 is 5.32 Å². The van der Waals surface area contributed by atoms with Gasteiger partial charge in [-0.3, -0.25) is 4.79 Å². The van der Waals surface area contributed by atoms with E-state index in [1.165, 1.54) is 0 Å². The van der Waals surface area contributed by atoms with Crippen LogP contribution in [-0.2, 0) is 0 Å². The van der Waals surface area contributed by atoms with E-state index in [0.29, 0.717) is 11.5 Å². The summed E-state index contributed by atoms with van der Waals surface area (Å²) in [6, 6.07) is 21.0. The van der Waals surface area contributed by atoms with Crippen molar-refractivity contribution in [3.8, 4) is 10.6 Å². The molecule has 4 aromatic rings. The van der Waals surface area contributed by atoms with Crippen LogP contribution in [0.1, 0.15) is 39.4 Å². The highest BCUT2D eigenvalue weighted by Crippen LogP contribution is 2.29. The number of benzene rings is 2. The minimum atomic E-state index is -0.535. The molecule has 2 heterocycles. The van der Waals surface area contributed by atoms with Gasteiger partial charge < -0.3 is 10.4 Å². The molecule has 0 aliphatic carbocycles. The van der Waals surface area contributed by atoms with Crippen molar-refractivity contribution in [3.05, 3.63) is 94.5 Å². The third-order valence-corrected chi connectivity index (χ3v) is 5.72. The van der Waals surface area contributed by atoms with Gasteiger partial charge in [0, 0.05) is 22.3 Å². The fourth-order valence-electron chi connectivity index (χ4n) is 3.06. The molecule has 1 atom stereocenters. The quantitative estimate of drug-likeness (QED) is 0.355. The number of aliphatic hydroxyl groups excluding tert-OH is 1. The molecule has 31 heavy (non-hydrogen) atoms. The van der Waals surface area contributed by atoms with Gasteiger partial charge in [0.2, 0.25) is 5.95 Å². The number of anilines is 2. The normalized spacial score (nSPS) is 12.1. The van der Waals surface area contributed by atoms with Gasteiger partial charge in [0.1, 0.15) is 6.29 Å². The second-order valence-corrected chi connectivity index (χ2v) is 8.13. The van der Waals surface area contributed by atoms with Crippen molar-refractivity contribution in [1.82, 2.24) is 9.97 Å². The first-order chi connectivity index (χ1) is 15.1. The molecule has 0 fully saturated rings. The van der Waals surface area contributed by atoms with E-state index in [4.69, 9.17) is 0 Å². The van der Waals surface area contributed by atoms with E-state index in [1.807, 2.05) is 72.8 Å². The van der Waals surface area contributed by atoms with Crippen molar-refractivity contribution in [2.75, 3.05) is 5.32 Å². The molecule has 2 aromatic carbocycles. The number of nitrogens with zero attached hydrogens (tertiary/aromatic N) is 2. The molecule has 0 aliphatic heterocycles. The first kappa shape index (κ1) is 20.7. The van der Waals surface area contributed by atoms with Gasteiger partial charge >= 0.3 is 0 Å². The summed E-state index contributed by atoms with van der Waals surface area (Å²) in [5, 5.41) is 13.0. The Kier molecular flexibility index (Phi) is 6.31. The zero-order valence-electron chi connectivity index (χ0n) is 16.9. The zero-order chi connectivity index (χ0) is 21.6. The van der Waals surface area contributed by atoms with E-state index >= 15 is 0 Å². The van der Waals surface area contributed by atoms with Crippen LogP contribution in [0.4, 0.5) is 11.6 Å². The molecule has 154 valence electrons. The van der Waals surface area contributed by atoms with Crippen molar-refractivity contribution < 1.29 is 9.90 Å². The maximum absolute atomic E-state index is 10.9. The van der Waals surface area contributed by atoms with Gasteiger partial charge in [-0.1, -0.05) is 36.4 Å². The molecule has 1 unspecified atom stereocenters. The molecule has 4 rings (SSSR count). The summed E-state index contributed by atoms with van der Waals surface area (Å²) in [7, 11) is 0. The highest BCUT2D eigenvalue weighted by Gasteiger charge is 2.07. The van der Waals surface area contributed by atoms with Crippen LogP contribution in [0.25, 0.3) is 22.7 Å². The smallest absolute Gasteiger partial charge is 0.227 e. The molecule has 2 N–H and O–H groups in total. The molecule has 0 saturated carbocycles. The number of aliphatic hydroxyl groups is 1. The monoisotopic (exact) mass is 427 g/mol. The van der Waals surface area contributed by atoms with E-state index in [1.54, 1.807) is 30.5 Å². The molecule has 0 amide bonds. The minimum absolute atomic E-state index is 0.497. The lowest BCUT2D eigenvalue weighted by Crippen LogP contribution is -1.99. The van der Waals surface area contributed by atoms with E-state index in [2.05, 4.69) is 15.3 Å². The average Bonchev–Trinajstić information content (AvgIpc) is 3.27. The second-order valence-electron chi connectivity index (χ2n) is 7.02. The number of aldehydes is 1. The Bertz CT molecular complexity index is 1230. The maximum Gasteiger partial charge on any atom is 0.227 e. The third-order valence-electron chi connectivity index (χ3n) is 4.65. The molecular weight excluding hydrogens is 406 g/mol. The Balaban J connectivity index is 1.51. The van der Waals surface area contributed by atoms with Crippen LogP contribution in [0.3, 0.4) is 0 Å². The number of carbonyl (C=O) groups excluding carboxylic acids is 1. The Labute approximate surface area is 184 Å². The van der Waals surface area contributed by atoms with Crippen molar-refractivity contribution in [2.45, 2.75) is 13.0 Å². The summed E-state index contributed by atoms with van der Waals surface area (Å²) >= 11 is 1.63. The van der Waals surface area contributed by atoms with Gasteiger partial charge in [0.15, 0.2) is 0 Å². The number of hydrogen-bond donors (Lipinski definition) is 2. The van der Waals surface area contributed by atoms with Crippen LogP contribution in [0.5, 0.6) is 0 Å². The summed E-state index contributed by atoms with van der Waals surface area (Å²) in [5.74, 6) is 0.497. The Hall–Kier alpha value is -3.61. The average molecular weight is 428 g/mol. The lowest BCUT2D eigenvalue weighted by atomic mass is 10.1. The van der Waals surface area contributed by atoms with E-state index in [-0.39, 0.29) is 0 Å². The number of nitrogens with one attached hydrogen (secondary N) is 1. The van der Waals surface area contributed by atoms with Crippen molar-refractivity contribution in [1.29, 1.82) is 0 Å². The van der Waals surface area contributed by atoms with Crippen LogP contribution in [0.15, 0.2) is 72.9 Å². The van der Waals surface area contributed by atoms with E-state index in [9.17, 15) is 9.90 Å². The fourth-order valence-corrected chi connectivity index (χ4v) is 3.94. The summed E-state index contributed by atoms with van der Waals surface area (Å²) in [6.45, 7) is 1.73. The molecule has 0 radical (unpaired) electrons. The summed E-state index contributed by atoms with van der Waals surface area (Å²) < 4.78 is 0. The predicted molar refractivity (Wildman–Crippen MR) is 126 cm³/mol. The largest absolute Gasteiger partial charge is 0.389 e. The standard InChI is InChI=1S/C25H21N3O2S/c1-17(30)20-6-3-7-21(15-20)27-25-26-13-12-23(28-25)24-11-10-22(31-24)9-8-18-4-2-5-19(14-18)16-29/h2-17,30H,1H3,(H,26,27,28). The number of aromatic nitrogens is 2. The van der Waals surface area contributed by atoms with Crippen molar-refractivity contribution >= 4 is 41.4 Å².